The first-order chi connectivity index (χ1) is 11.9. The van der Waals surface area contributed by atoms with Crippen LogP contribution in [0.3, 0.4) is 0 Å². The fraction of sp³-hybridized carbons (Fsp3) is 0.400. The zero-order valence-electron chi connectivity index (χ0n) is 13.6. The number of rotatable bonds is 5. The van der Waals surface area contributed by atoms with Crippen molar-refractivity contribution in [2.45, 2.75) is 31.1 Å². The molecule has 10 heteroatoms. The molecule has 0 spiro atoms. The summed E-state index contributed by atoms with van der Waals surface area (Å²) in [4.78, 5) is 12.4. The summed E-state index contributed by atoms with van der Waals surface area (Å²) < 4.78 is 26.6. The van der Waals surface area contributed by atoms with E-state index < -0.39 is 15.9 Å². The highest BCUT2D eigenvalue weighted by Gasteiger charge is 2.28. The second kappa shape index (κ2) is 7.06. The van der Waals surface area contributed by atoms with Crippen LogP contribution in [-0.2, 0) is 16.4 Å². The quantitative estimate of drug-likeness (QED) is 0.816. The Morgan fingerprint density at radius 3 is 2.68 bits per heavy atom. The van der Waals surface area contributed by atoms with Crippen LogP contribution in [0.1, 0.15) is 35.1 Å². The van der Waals surface area contributed by atoms with Crippen LogP contribution in [-0.4, -0.2) is 47.0 Å². The van der Waals surface area contributed by atoms with Gasteiger partial charge in [-0.3, -0.25) is 10.1 Å². The van der Waals surface area contributed by atoms with Gasteiger partial charge in [0.25, 0.3) is 5.91 Å². The maximum Gasteiger partial charge on any atom is 0.261 e. The molecule has 1 fully saturated rings. The number of anilines is 1. The smallest absolute Gasteiger partial charge is 0.261 e. The molecule has 134 valence electrons. The minimum absolute atomic E-state index is 0.0103. The van der Waals surface area contributed by atoms with E-state index in [4.69, 9.17) is 0 Å². The van der Waals surface area contributed by atoms with Crippen molar-refractivity contribution in [2.24, 2.45) is 0 Å². The van der Waals surface area contributed by atoms with Crippen molar-refractivity contribution in [3.05, 3.63) is 28.8 Å². The van der Waals surface area contributed by atoms with Crippen LogP contribution in [0.2, 0.25) is 0 Å². The summed E-state index contributed by atoms with van der Waals surface area (Å²) >= 11 is 1.23. The van der Waals surface area contributed by atoms with Gasteiger partial charge in [0, 0.05) is 13.1 Å². The molecular formula is C15H18N4O4S2. The van der Waals surface area contributed by atoms with Crippen LogP contribution in [0, 0.1) is 0 Å². The highest BCUT2D eigenvalue weighted by Crippen LogP contribution is 2.27. The number of phenolic OH excluding ortho intramolecular Hbond substituents is 1. The average Bonchev–Trinajstić information content (AvgIpc) is 3.26. The molecule has 0 radical (unpaired) electrons. The van der Waals surface area contributed by atoms with Gasteiger partial charge < -0.3 is 5.11 Å². The highest BCUT2D eigenvalue weighted by molar-refractivity contribution is 7.89. The third-order valence-corrected chi connectivity index (χ3v) is 6.78. The molecule has 8 nitrogen and oxygen atoms in total. The Kier molecular flexibility index (Phi) is 5.02. The Morgan fingerprint density at radius 2 is 2.04 bits per heavy atom. The molecule has 0 aliphatic carbocycles. The van der Waals surface area contributed by atoms with Gasteiger partial charge >= 0.3 is 0 Å². The Morgan fingerprint density at radius 1 is 1.32 bits per heavy atom. The highest BCUT2D eigenvalue weighted by atomic mass is 32.2. The van der Waals surface area contributed by atoms with Crippen LogP contribution in [0.4, 0.5) is 5.13 Å². The number of hydrogen-bond donors (Lipinski definition) is 2. The normalized spacial score (nSPS) is 15.4. The van der Waals surface area contributed by atoms with Crippen molar-refractivity contribution in [2.75, 3.05) is 18.4 Å². The number of hydrogen-bond acceptors (Lipinski definition) is 7. The lowest BCUT2D eigenvalue weighted by Crippen LogP contribution is -2.28. The monoisotopic (exact) mass is 382 g/mol. The summed E-state index contributed by atoms with van der Waals surface area (Å²) in [5.74, 6) is -0.923. The second-order valence-corrected chi connectivity index (χ2v) is 8.60. The van der Waals surface area contributed by atoms with Crippen LogP contribution in [0.5, 0.6) is 5.75 Å². The number of aryl methyl sites for hydroxylation is 1. The number of nitrogens with zero attached hydrogens (tertiary/aromatic N) is 3. The molecule has 2 heterocycles. The van der Waals surface area contributed by atoms with Gasteiger partial charge in [0.2, 0.25) is 15.2 Å². The molecule has 1 aromatic carbocycles. The van der Waals surface area contributed by atoms with Gasteiger partial charge in [0.15, 0.2) is 0 Å². The standard InChI is InChI=1S/C15H18N4O4S2/c1-2-13-17-18-15(24-13)16-14(21)11-9-10(5-6-12(11)20)25(22,23)19-7-3-4-8-19/h5-6,9,20H,2-4,7-8H2,1H3,(H,16,18,21). The van der Waals surface area contributed by atoms with Gasteiger partial charge in [-0.1, -0.05) is 18.3 Å². The average molecular weight is 382 g/mol. The zero-order chi connectivity index (χ0) is 18.0. The fourth-order valence-corrected chi connectivity index (χ4v) is 4.76. The van der Waals surface area contributed by atoms with Crippen molar-refractivity contribution < 1.29 is 18.3 Å². The zero-order valence-corrected chi connectivity index (χ0v) is 15.2. The van der Waals surface area contributed by atoms with Crippen LogP contribution in [0.15, 0.2) is 23.1 Å². The third kappa shape index (κ3) is 3.65. The first-order valence-electron chi connectivity index (χ1n) is 7.88. The van der Waals surface area contributed by atoms with Gasteiger partial charge in [-0.15, -0.1) is 10.2 Å². The lowest BCUT2D eigenvalue weighted by molar-refractivity contribution is 0.102. The minimum Gasteiger partial charge on any atom is -0.507 e. The van der Waals surface area contributed by atoms with Crippen molar-refractivity contribution in [1.82, 2.24) is 14.5 Å². The van der Waals surface area contributed by atoms with Crippen LogP contribution >= 0.6 is 11.3 Å². The summed E-state index contributed by atoms with van der Waals surface area (Å²) in [5, 5.41) is 21.3. The fourth-order valence-electron chi connectivity index (χ4n) is 2.55. The molecule has 1 aliphatic rings. The molecule has 0 saturated carbocycles. The first kappa shape index (κ1) is 17.8. The van der Waals surface area contributed by atoms with E-state index in [9.17, 15) is 18.3 Å². The van der Waals surface area contributed by atoms with Gasteiger partial charge in [-0.25, -0.2) is 8.42 Å². The van der Waals surface area contributed by atoms with Gasteiger partial charge in [-0.05, 0) is 37.5 Å². The Balaban J connectivity index is 1.87. The van der Waals surface area contributed by atoms with E-state index in [-0.39, 0.29) is 16.2 Å². The van der Waals surface area contributed by atoms with E-state index in [1.165, 1.54) is 33.8 Å². The maximum absolute atomic E-state index is 12.6. The summed E-state index contributed by atoms with van der Waals surface area (Å²) in [7, 11) is -3.67. The largest absolute Gasteiger partial charge is 0.507 e. The molecule has 1 aromatic heterocycles. The Bertz CT molecular complexity index is 889. The van der Waals surface area contributed by atoms with Crippen molar-refractivity contribution in [3.8, 4) is 5.75 Å². The molecule has 0 unspecified atom stereocenters. The summed E-state index contributed by atoms with van der Waals surface area (Å²) in [5.41, 5.74) is -0.117. The number of sulfonamides is 1. The van der Waals surface area contributed by atoms with E-state index in [1.54, 1.807) is 0 Å². The number of nitrogens with one attached hydrogen (secondary N) is 1. The maximum atomic E-state index is 12.6. The van der Waals surface area contributed by atoms with Gasteiger partial charge in [-0.2, -0.15) is 4.31 Å². The van der Waals surface area contributed by atoms with Crippen molar-refractivity contribution in [1.29, 1.82) is 0 Å². The molecule has 25 heavy (non-hydrogen) atoms. The van der Waals surface area contributed by atoms with E-state index >= 15 is 0 Å². The lowest BCUT2D eigenvalue weighted by Gasteiger charge is -2.16. The van der Waals surface area contributed by atoms with Crippen LogP contribution < -0.4 is 5.32 Å². The van der Waals surface area contributed by atoms with Gasteiger partial charge in [0.1, 0.15) is 10.8 Å². The number of phenols is 1. The Labute approximate surface area is 149 Å². The van der Waals surface area contributed by atoms with Crippen molar-refractivity contribution in [3.63, 3.8) is 0 Å². The lowest BCUT2D eigenvalue weighted by atomic mass is 10.2. The molecule has 1 saturated heterocycles. The predicted molar refractivity (Wildman–Crippen MR) is 93.3 cm³/mol. The minimum atomic E-state index is -3.67. The number of carbonyl (C=O) groups excluding carboxylic acids is 1. The van der Waals surface area contributed by atoms with Gasteiger partial charge in [0.05, 0.1) is 10.5 Å². The van der Waals surface area contributed by atoms with Crippen molar-refractivity contribution >= 4 is 32.4 Å². The summed E-state index contributed by atoms with van der Waals surface area (Å²) in [6.45, 7) is 2.86. The van der Waals surface area contributed by atoms with E-state index in [0.29, 0.717) is 24.6 Å². The van der Waals surface area contributed by atoms with E-state index in [2.05, 4.69) is 15.5 Å². The first-order valence-corrected chi connectivity index (χ1v) is 10.1. The number of aromatic nitrogens is 2. The van der Waals surface area contributed by atoms with E-state index in [0.717, 1.165) is 17.8 Å². The molecule has 1 aliphatic heterocycles. The third-order valence-electron chi connectivity index (χ3n) is 3.91. The SMILES string of the molecule is CCc1nnc(NC(=O)c2cc(S(=O)(=O)N3CCCC3)ccc2O)s1. The topological polar surface area (TPSA) is 112 Å². The number of aromatic hydroxyl groups is 1. The molecule has 2 N–H and O–H groups in total. The molecule has 0 atom stereocenters. The number of amides is 1. The molecule has 0 bridgehead atoms. The molecule has 3 rings (SSSR count). The van der Waals surface area contributed by atoms with E-state index in [1.807, 2.05) is 6.92 Å². The molecule has 2 aromatic rings. The van der Waals surface area contributed by atoms with Crippen LogP contribution in [0.25, 0.3) is 0 Å². The second-order valence-electron chi connectivity index (χ2n) is 5.60. The number of carbonyl (C=O) groups is 1. The Hall–Kier alpha value is -2.04. The summed E-state index contributed by atoms with van der Waals surface area (Å²) in [6.07, 6.45) is 2.34. The molecule has 1 amide bonds. The molecular weight excluding hydrogens is 364 g/mol. The number of benzene rings is 1. The predicted octanol–water partition coefficient (Wildman–Crippen LogP) is 1.84. The summed E-state index contributed by atoms with van der Waals surface area (Å²) in [6, 6.07) is 3.72.